The summed E-state index contributed by atoms with van der Waals surface area (Å²) >= 11 is 0. The lowest BCUT2D eigenvalue weighted by molar-refractivity contribution is -0.122. The molecule has 0 aromatic heterocycles. The van der Waals surface area contributed by atoms with Gasteiger partial charge in [0.25, 0.3) is 0 Å². The summed E-state index contributed by atoms with van der Waals surface area (Å²) in [5.74, 6) is -1.55. The lowest BCUT2D eigenvalue weighted by Gasteiger charge is -2.22. The summed E-state index contributed by atoms with van der Waals surface area (Å²) in [5.41, 5.74) is 5.16. The first-order chi connectivity index (χ1) is 16.2. The molecule has 3 aromatic rings. The summed E-state index contributed by atoms with van der Waals surface area (Å²) in [5, 5.41) is 9.52. The maximum absolute atomic E-state index is 13.6. The fourth-order valence-corrected chi connectivity index (χ4v) is 5.81. The Labute approximate surface area is 192 Å². The van der Waals surface area contributed by atoms with Crippen LogP contribution in [0.4, 0.5) is 5.69 Å². The van der Waals surface area contributed by atoms with E-state index in [1.165, 1.54) is 4.90 Å². The Morgan fingerprint density at radius 2 is 1.18 bits per heavy atom. The van der Waals surface area contributed by atoms with Crippen LogP contribution >= 0.6 is 0 Å². The SMILES string of the molecule is N#Cc1ccccc1N1C(=O)[C@@H]2[C@@H](C1=O)[C@H]1C=C[C@H]2C1=C(c1ccccc1)c1ccccc1. The number of hydrogen-bond acceptors (Lipinski definition) is 3. The predicted octanol–water partition coefficient (Wildman–Crippen LogP) is 4.98. The summed E-state index contributed by atoms with van der Waals surface area (Å²) in [6, 6.07) is 29.3. The zero-order valence-corrected chi connectivity index (χ0v) is 17.8. The molecular formula is C29H20N2O2. The van der Waals surface area contributed by atoms with Crippen LogP contribution in [0.15, 0.2) is 103 Å². The first kappa shape index (κ1) is 19.5. The number of nitrogens with zero attached hydrogens (tertiary/aromatic N) is 2. The number of imide groups is 1. The van der Waals surface area contributed by atoms with Gasteiger partial charge in [0.1, 0.15) is 6.07 Å². The number of nitriles is 1. The van der Waals surface area contributed by atoms with Gasteiger partial charge < -0.3 is 0 Å². The molecule has 3 aliphatic rings. The number of carbonyl (C=O) groups is 2. The van der Waals surface area contributed by atoms with Crippen LogP contribution in [0.3, 0.4) is 0 Å². The average molecular weight is 428 g/mol. The number of fused-ring (bicyclic) bond motifs is 5. The monoisotopic (exact) mass is 428 g/mol. The van der Waals surface area contributed by atoms with E-state index in [0.29, 0.717) is 11.3 Å². The van der Waals surface area contributed by atoms with Gasteiger partial charge in [0.05, 0.1) is 23.1 Å². The summed E-state index contributed by atoms with van der Waals surface area (Å²) in [6.45, 7) is 0. The van der Waals surface area contributed by atoms with Crippen LogP contribution in [0.5, 0.6) is 0 Å². The van der Waals surface area contributed by atoms with Gasteiger partial charge in [-0.05, 0) is 34.4 Å². The highest BCUT2D eigenvalue weighted by Gasteiger charge is 2.62. The number of hydrogen-bond donors (Lipinski definition) is 0. The number of anilines is 1. The highest BCUT2D eigenvalue weighted by Crippen LogP contribution is 2.59. The molecule has 2 fully saturated rings. The fourth-order valence-electron chi connectivity index (χ4n) is 5.81. The molecule has 0 N–H and O–H groups in total. The fraction of sp³-hybridized carbons (Fsp3) is 0.138. The van der Waals surface area contributed by atoms with Crippen LogP contribution in [0.25, 0.3) is 5.57 Å². The first-order valence-corrected chi connectivity index (χ1v) is 11.1. The van der Waals surface area contributed by atoms with Crippen molar-refractivity contribution in [3.05, 3.63) is 119 Å². The molecule has 1 heterocycles. The molecule has 0 radical (unpaired) electrons. The van der Waals surface area contributed by atoms with Crippen LogP contribution in [0.2, 0.25) is 0 Å². The minimum Gasteiger partial charge on any atom is -0.274 e. The molecule has 1 aliphatic heterocycles. The molecule has 2 bridgehead atoms. The van der Waals surface area contributed by atoms with Crippen LogP contribution in [0.1, 0.15) is 16.7 Å². The molecule has 2 aliphatic carbocycles. The van der Waals surface area contributed by atoms with E-state index in [1.54, 1.807) is 24.3 Å². The van der Waals surface area contributed by atoms with Gasteiger partial charge in [0, 0.05) is 11.8 Å². The maximum atomic E-state index is 13.6. The standard InChI is InChI=1S/C29H20N2O2/c30-17-20-13-7-8-14-23(20)31-28(32)26-21-15-16-22(27(26)29(31)33)25(21)24(18-9-3-1-4-10-18)19-11-5-2-6-12-19/h1-16,21-22,26-27H/t21-,22-,26-,27-/m0/s1. The van der Waals surface area contributed by atoms with Gasteiger partial charge in [-0.3, -0.25) is 9.59 Å². The van der Waals surface area contributed by atoms with Crippen molar-refractivity contribution in [3.63, 3.8) is 0 Å². The van der Waals surface area contributed by atoms with E-state index in [1.807, 2.05) is 36.4 Å². The third-order valence-electron chi connectivity index (χ3n) is 7.09. The molecule has 0 spiro atoms. The lowest BCUT2D eigenvalue weighted by atomic mass is 9.85. The lowest BCUT2D eigenvalue weighted by Crippen LogP contribution is -2.33. The minimum atomic E-state index is -0.434. The number of para-hydroxylation sites is 1. The molecule has 3 aromatic carbocycles. The van der Waals surface area contributed by atoms with Gasteiger partial charge >= 0.3 is 0 Å². The third-order valence-corrected chi connectivity index (χ3v) is 7.09. The van der Waals surface area contributed by atoms with E-state index in [0.717, 1.165) is 22.3 Å². The topological polar surface area (TPSA) is 61.2 Å². The highest BCUT2D eigenvalue weighted by atomic mass is 16.2. The van der Waals surface area contributed by atoms with Gasteiger partial charge in [0.2, 0.25) is 11.8 Å². The van der Waals surface area contributed by atoms with Crippen molar-refractivity contribution in [2.75, 3.05) is 4.90 Å². The van der Waals surface area contributed by atoms with Crippen molar-refractivity contribution in [1.29, 1.82) is 5.26 Å². The van der Waals surface area contributed by atoms with Gasteiger partial charge in [-0.2, -0.15) is 5.26 Å². The molecular weight excluding hydrogens is 408 g/mol. The van der Waals surface area contributed by atoms with Crippen LogP contribution in [-0.4, -0.2) is 11.8 Å². The van der Waals surface area contributed by atoms with Crippen molar-refractivity contribution >= 4 is 23.1 Å². The maximum Gasteiger partial charge on any atom is 0.238 e. The second-order valence-electron chi connectivity index (χ2n) is 8.69. The molecule has 4 nitrogen and oxygen atoms in total. The normalized spacial score (nSPS) is 24.8. The zero-order chi connectivity index (χ0) is 22.5. The van der Waals surface area contributed by atoms with Crippen molar-refractivity contribution in [2.45, 2.75) is 0 Å². The third kappa shape index (κ3) is 2.76. The van der Waals surface area contributed by atoms with Crippen LogP contribution in [-0.2, 0) is 9.59 Å². The minimum absolute atomic E-state index is 0.133. The van der Waals surface area contributed by atoms with Gasteiger partial charge in [-0.15, -0.1) is 0 Å². The predicted molar refractivity (Wildman–Crippen MR) is 126 cm³/mol. The Bertz CT molecular complexity index is 1310. The van der Waals surface area contributed by atoms with E-state index in [9.17, 15) is 14.9 Å². The summed E-state index contributed by atoms with van der Waals surface area (Å²) in [6.07, 6.45) is 4.19. The Kier molecular flexibility index (Phi) is 4.38. The van der Waals surface area contributed by atoms with E-state index in [-0.39, 0.29) is 23.7 Å². The Balaban J connectivity index is 1.50. The highest BCUT2D eigenvalue weighted by molar-refractivity contribution is 6.24. The molecule has 33 heavy (non-hydrogen) atoms. The molecule has 2 amide bonds. The second-order valence-corrected chi connectivity index (χ2v) is 8.69. The van der Waals surface area contributed by atoms with Gasteiger partial charge in [-0.1, -0.05) is 84.9 Å². The summed E-state index contributed by atoms with van der Waals surface area (Å²) in [7, 11) is 0. The summed E-state index contributed by atoms with van der Waals surface area (Å²) in [4.78, 5) is 28.5. The number of benzene rings is 3. The van der Waals surface area contributed by atoms with Crippen molar-refractivity contribution < 1.29 is 9.59 Å². The van der Waals surface area contributed by atoms with Crippen molar-refractivity contribution in [1.82, 2.24) is 0 Å². The van der Waals surface area contributed by atoms with E-state index < -0.39 is 11.8 Å². The quantitative estimate of drug-likeness (QED) is 0.437. The van der Waals surface area contributed by atoms with Crippen molar-refractivity contribution in [2.24, 2.45) is 23.7 Å². The Hall–Kier alpha value is -4.23. The van der Waals surface area contributed by atoms with Gasteiger partial charge in [-0.25, -0.2) is 4.90 Å². The van der Waals surface area contributed by atoms with E-state index >= 15 is 0 Å². The van der Waals surface area contributed by atoms with Crippen molar-refractivity contribution in [3.8, 4) is 6.07 Å². The van der Waals surface area contributed by atoms with E-state index in [2.05, 4.69) is 42.5 Å². The average Bonchev–Trinajstić information content (AvgIpc) is 3.50. The zero-order valence-electron chi connectivity index (χ0n) is 17.8. The Morgan fingerprint density at radius 1 is 0.697 bits per heavy atom. The Morgan fingerprint density at radius 3 is 1.70 bits per heavy atom. The molecule has 158 valence electrons. The molecule has 4 heteroatoms. The molecule has 1 saturated heterocycles. The number of amides is 2. The molecule has 6 rings (SSSR count). The second kappa shape index (κ2) is 7.43. The number of rotatable bonds is 3. The largest absolute Gasteiger partial charge is 0.274 e. The molecule has 0 unspecified atom stereocenters. The number of allylic oxidation sites excluding steroid dienone is 3. The van der Waals surface area contributed by atoms with Crippen LogP contribution < -0.4 is 4.90 Å². The molecule has 1 saturated carbocycles. The van der Waals surface area contributed by atoms with Crippen LogP contribution in [0, 0.1) is 35.0 Å². The molecule has 4 atom stereocenters. The van der Waals surface area contributed by atoms with Gasteiger partial charge in [0.15, 0.2) is 0 Å². The summed E-state index contributed by atoms with van der Waals surface area (Å²) < 4.78 is 0. The first-order valence-electron chi connectivity index (χ1n) is 11.1. The number of carbonyl (C=O) groups excluding carboxylic acids is 2. The smallest absolute Gasteiger partial charge is 0.238 e. The van der Waals surface area contributed by atoms with E-state index in [4.69, 9.17) is 0 Å².